The number of aromatic nitrogens is 3. The Morgan fingerprint density at radius 2 is 2.10 bits per heavy atom. The smallest absolute Gasteiger partial charge is 0.138 e. The number of hydrogen-bond donors (Lipinski definition) is 1. The normalized spacial score (nSPS) is 21.6. The number of benzene rings is 1. The number of rotatable bonds is 3. The third-order valence-electron chi connectivity index (χ3n) is 3.62. The van der Waals surface area contributed by atoms with Gasteiger partial charge in [-0.05, 0) is 51.0 Å². The van der Waals surface area contributed by atoms with E-state index >= 15 is 0 Å². The second kappa shape index (κ2) is 5.25. The number of ether oxygens (including phenoxy) is 1. The van der Waals surface area contributed by atoms with Crippen LogP contribution in [0.25, 0.3) is 5.69 Å². The zero-order valence-electron chi connectivity index (χ0n) is 11.9. The van der Waals surface area contributed by atoms with E-state index in [1.54, 1.807) is 11.0 Å². The van der Waals surface area contributed by atoms with Crippen molar-refractivity contribution < 1.29 is 4.74 Å². The molecule has 3 rings (SSSR count). The topological polar surface area (TPSA) is 52.0 Å². The first-order valence-electron chi connectivity index (χ1n) is 6.98. The van der Waals surface area contributed by atoms with Gasteiger partial charge >= 0.3 is 0 Å². The number of nitrogens with one attached hydrogen (secondary N) is 1. The van der Waals surface area contributed by atoms with Gasteiger partial charge in [0, 0.05) is 18.3 Å². The molecule has 5 nitrogen and oxygen atoms in total. The Morgan fingerprint density at radius 3 is 2.75 bits per heavy atom. The van der Waals surface area contributed by atoms with E-state index in [1.165, 1.54) is 6.33 Å². The van der Waals surface area contributed by atoms with Crippen molar-refractivity contribution in [2.45, 2.75) is 38.3 Å². The molecule has 2 aromatic rings. The van der Waals surface area contributed by atoms with Gasteiger partial charge in [-0.2, -0.15) is 5.10 Å². The summed E-state index contributed by atoms with van der Waals surface area (Å²) in [6.07, 6.45) is 5.31. The molecule has 1 aliphatic rings. The van der Waals surface area contributed by atoms with E-state index in [2.05, 4.69) is 41.4 Å². The molecule has 1 atom stereocenters. The third-order valence-corrected chi connectivity index (χ3v) is 3.62. The summed E-state index contributed by atoms with van der Waals surface area (Å²) in [5, 5.41) is 7.70. The molecule has 2 heterocycles. The van der Waals surface area contributed by atoms with E-state index < -0.39 is 0 Å². The fraction of sp³-hybridized carbons (Fsp3) is 0.467. The summed E-state index contributed by atoms with van der Waals surface area (Å²) < 4.78 is 7.49. The lowest BCUT2D eigenvalue weighted by molar-refractivity contribution is -0.0553. The average molecular weight is 272 g/mol. The van der Waals surface area contributed by atoms with Crippen LogP contribution in [0.3, 0.4) is 0 Å². The minimum Gasteiger partial charge on any atom is -0.382 e. The van der Waals surface area contributed by atoms with Gasteiger partial charge in [-0.15, -0.1) is 0 Å². The van der Waals surface area contributed by atoms with Crippen molar-refractivity contribution in [3.63, 3.8) is 0 Å². The minimum absolute atomic E-state index is 0.0312. The highest BCUT2D eigenvalue weighted by Crippen LogP contribution is 2.26. The summed E-state index contributed by atoms with van der Waals surface area (Å²) in [5.41, 5.74) is 2.12. The van der Waals surface area contributed by atoms with E-state index in [1.807, 2.05) is 12.1 Å². The monoisotopic (exact) mass is 272 g/mol. The Morgan fingerprint density at radius 1 is 1.30 bits per heavy atom. The highest BCUT2D eigenvalue weighted by atomic mass is 16.5. The molecule has 0 bridgehead atoms. The van der Waals surface area contributed by atoms with Crippen LogP contribution in [-0.2, 0) is 4.74 Å². The van der Waals surface area contributed by atoms with Gasteiger partial charge in [-0.3, -0.25) is 0 Å². The minimum atomic E-state index is -0.0312. The van der Waals surface area contributed by atoms with Gasteiger partial charge in [0.1, 0.15) is 12.7 Å². The quantitative estimate of drug-likeness (QED) is 0.933. The molecule has 1 aromatic heterocycles. The number of nitrogens with zero attached hydrogens (tertiary/aromatic N) is 3. The van der Waals surface area contributed by atoms with Gasteiger partial charge in [-0.25, -0.2) is 9.67 Å². The number of hydrogen-bond acceptors (Lipinski definition) is 4. The predicted octanol–water partition coefficient (Wildman–Crippen LogP) is 2.64. The summed E-state index contributed by atoms with van der Waals surface area (Å²) in [4.78, 5) is 3.95. The standard InChI is InChI=1S/C15H20N4O/c1-15(2)9-13(7-8-20-15)18-12-3-5-14(6-4-12)19-11-16-10-17-19/h3-6,10-11,13,18H,7-9H2,1-2H3. The van der Waals surface area contributed by atoms with E-state index in [9.17, 15) is 0 Å². The van der Waals surface area contributed by atoms with E-state index in [-0.39, 0.29) is 5.60 Å². The van der Waals surface area contributed by atoms with Crippen LogP contribution in [0.1, 0.15) is 26.7 Å². The zero-order chi connectivity index (χ0) is 14.0. The SMILES string of the molecule is CC1(C)CC(Nc2ccc(-n3cncn3)cc2)CCO1. The molecule has 1 aromatic carbocycles. The van der Waals surface area contributed by atoms with Crippen molar-refractivity contribution in [3.05, 3.63) is 36.9 Å². The van der Waals surface area contributed by atoms with Crippen LogP contribution in [0.4, 0.5) is 5.69 Å². The summed E-state index contributed by atoms with van der Waals surface area (Å²) in [7, 11) is 0. The van der Waals surface area contributed by atoms with Crippen molar-refractivity contribution in [2.24, 2.45) is 0 Å². The average Bonchev–Trinajstić information content (AvgIpc) is 2.92. The molecule has 0 saturated carbocycles. The Labute approximate surface area is 119 Å². The summed E-state index contributed by atoms with van der Waals surface area (Å²) in [6, 6.07) is 8.72. The van der Waals surface area contributed by atoms with Crippen LogP contribution < -0.4 is 5.32 Å². The maximum absolute atomic E-state index is 5.74. The van der Waals surface area contributed by atoms with Crippen LogP contribution in [0.5, 0.6) is 0 Å². The lowest BCUT2D eigenvalue weighted by Gasteiger charge is -2.36. The van der Waals surface area contributed by atoms with Crippen LogP contribution in [0, 0.1) is 0 Å². The summed E-state index contributed by atoms with van der Waals surface area (Å²) in [5.74, 6) is 0. The highest BCUT2D eigenvalue weighted by molar-refractivity contribution is 5.49. The van der Waals surface area contributed by atoms with Crippen molar-refractivity contribution >= 4 is 5.69 Å². The maximum Gasteiger partial charge on any atom is 0.138 e. The zero-order valence-corrected chi connectivity index (χ0v) is 11.9. The van der Waals surface area contributed by atoms with Crippen molar-refractivity contribution in [1.29, 1.82) is 0 Å². The first-order chi connectivity index (χ1) is 9.62. The van der Waals surface area contributed by atoms with Crippen LogP contribution in [0.2, 0.25) is 0 Å². The fourth-order valence-electron chi connectivity index (χ4n) is 2.64. The van der Waals surface area contributed by atoms with Gasteiger partial charge in [0.05, 0.1) is 11.3 Å². The second-order valence-corrected chi connectivity index (χ2v) is 5.83. The van der Waals surface area contributed by atoms with Crippen molar-refractivity contribution in [2.75, 3.05) is 11.9 Å². The molecule has 1 N–H and O–H groups in total. The molecule has 20 heavy (non-hydrogen) atoms. The van der Waals surface area contributed by atoms with Gasteiger partial charge in [-0.1, -0.05) is 0 Å². The largest absolute Gasteiger partial charge is 0.382 e. The van der Waals surface area contributed by atoms with E-state index in [0.29, 0.717) is 6.04 Å². The Bertz CT molecular complexity index is 548. The Kier molecular flexibility index (Phi) is 3.44. The van der Waals surface area contributed by atoms with Crippen LogP contribution >= 0.6 is 0 Å². The molecular weight excluding hydrogens is 252 g/mol. The molecule has 0 amide bonds. The molecular formula is C15H20N4O. The summed E-state index contributed by atoms with van der Waals surface area (Å²) in [6.45, 7) is 5.12. The molecule has 1 fully saturated rings. The van der Waals surface area contributed by atoms with Gasteiger partial charge in [0.2, 0.25) is 0 Å². The lowest BCUT2D eigenvalue weighted by atomic mass is 9.94. The lowest BCUT2D eigenvalue weighted by Crippen LogP contribution is -2.40. The Balaban J connectivity index is 1.66. The van der Waals surface area contributed by atoms with E-state index in [4.69, 9.17) is 4.74 Å². The third kappa shape index (κ3) is 2.99. The van der Waals surface area contributed by atoms with Crippen LogP contribution in [0.15, 0.2) is 36.9 Å². The molecule has 1 aliphatic heterocycles. The van der Waals surface area contributed by atoms with Crippen LogP contribution in [-0.4, -0.2) is 33.0 Å². The van der Waals surface area contributed by atoms with Crippen molar-refractivity contribution in [3.8, 4) is 5.69 Å². The predicted molar refractivity (Wildman–Crippen MR) is 78.0 cm³/mol. The van der Waals surface area contributed by atoms with Gasteiger partial charge < -0.3 is 10.1 Å². The highest BCUT2D eigenvalue weighted by Gasteiger charge is 2.28. The number of anilines is 1. The molecule has 0 aliphatic carbocycles. The van der Waals surface area contributed by atoms with Gasteiger partial charge in [0.15, 0.2) is 0 Å². The maximum atomic E-state index is 5.74. The first kappa shape index (κ1) is 13.1. The molecule has 1 unspecified atom stereocenters. The van der Waals surface area contributed by atoms with Gasteiger partial charge in [0.25, 0.3) is 0 Å². The summed E-state index contributed by atoms with van der Waals surface area (Å²) >= 11 is 0. The molecule has 0 spiro atoms. The fourth-order valence-corrected chi connectivity index (χ4v) is 2.64. The molecule has 5 heteroatoms. The molecule has 106 valence electrons. The van der Waals surface area contributed by atoms with Crippen molar-refractivity contribution in [1.82, 2.24) is 14.8 Å². The Hall–Kier alpha value is -1.88. The first-order valence-corrected chi connectivity index (χ1v) is 6.98. The second-order valence-electron chi connectivity index (χ2n) is 5.83. The molecule has 1 saturated heterocycles. The van der Waals surface area contributed by atoms with E-state index in [0.717, 1.165) is 30.8 Å². The molecule has 0 radical (unpaired) electrons.